The Kier molecular flexibility index (Phi) is 4.45. The van der Waals surface area contributed by atoms with E-state index in [2.05, 4.69) is 10.1 Å². The second-order valence-electron chi connectivity index (χ2n) is 4.56. The number of aliphatic carboxylic acids is 1. The van der Waals surface area contributed by atoms with Crippen LogP contribution < -0.4 is 0 Å². The molecule has 0 fully saturated rings. The van der Waals surface area contributed by atoms with Crippen LogP contribution in [0.1, 0.15) is 18.3 Å². The van der Waals surface area contributed by atoms with E-state index in [1.54, 1.807) is 16.8 Å². The number of hydrogen-bond acceptors (Lipinski definition) is 3. The van der Waals surface area contributed by atoms with Gasteiger partial charge < -0.3 is 5.11 Å². The highest BCUT2D eigenvalue weighted by atomic mass is 19.1. The predicted octanol–water partition coefficient (Wildman–Crippen LogP) is 1.92. The zero-order valence-corrected chi connectivity index (χ0v) is 11.2. The molecule has 6 heteroatoms. The minimum absolute atomic E-state index is 0.306. The summed E-state index contributed by atoms with van der Waals surface area (Å²) < 4.78 is 14.5. The van der Waals surface area contributed by atoms with Crippen LogP contribution in [0.15, 0.2) is 30.6 Å². The number of carboxylic acids is 1. The fourth-order valence-corrected chi connectivity index (χ4v) is 2.08. The van der Waals surface area contributed by atoms with Crippen molar-refractivity contribution in [2.45, 2.75) is 26.3 Å². The van der Waals surface area contributed by atoms with Gasteiger partial charge in [-0.3, -0.25) is 9.48 Å². The molecule has 0 amide bonds. The molecule has 1 N–H and O–H groups in total. The number of benzene rings is 1. The number of aryl methyl sites for hydroxylation is 1. The van der Waals surface area contributed by atoms with Crippen LogP contribution in [-0.2, 0) is 24.2 Å². The molecule has 106 valence electrons. The molecule has 5 nitrogen and oxygen atoms in total. The van der Waals surface area contributed by atoms with E-state index in [-0.39, 0.29) is 5.82 Å². The predicted molar refractivity (Wildman–Crippen MR) is 70.6 cm³/mol. The fourth-order valence-electron chi connectivity index (χ4n) is 2.08. The number of halogens is 1. The summed E-state index contributed by atoms with van der Waals surface area (Å²) in [7, 11) is 0. The Labute approximate surface area is 116 Å². The van der Waals surface area contributed by atoms with Crippen molar-refractivity contribution >= 4 is 5.97 Å². The van der Waals surface area contributed by atoms with Gasteiger partial charge in [0.05, 0.1) is 5.92 Å². The third kappa shape index (κ3) is 3.40. The minimum atomic E-state index is -0.889. The van der Waals surface area contributed by atoms with E-state index in [1.165, 1.54) is 18.5 Å². The molecule has 2 aromatic rings. The first kappa shape index (κ1) is 14.2. The molecule has 0 radical (unpaired) electrons. The maximum Gasteiger partial charge on any atom is 0.307 e. The molecule has 1 heterocycles. The van der Waals surface area contributed by atoms with Gasteiger partial charge in [0, 0.05) is 13.0 Å². The lowest BCUT2D eigenvalue weighted by atomic mass is 9.96. The van der Waals surface area contributed by atoms with Crippen molar-refractivity contribution < 1.29 is 14.3 Å². The molecule has 1 unspecified atom stereocenters. The van der Waals surface area contributed by atoms with E-state index in [9.17, 15) is 14.3 Å². The molecule has 0 aliphatic carbocycles. The smallest absolute Gasteiger partial charge is 0.307 e. The normalized spacial score (nSPS) is 12.3. The molecule has 2 rings (SSSR count). The van der Waals surface area contributed by atoms with Gasteiger partial charge >= 0.3 is 5.97 Å². The van der Waals surface area contributed by atoms with E-state index in [1.807, 2.05) is 6.92 Å². The Bertz CT molecular complexity index is 580. The average Bonchev–Trinajstić information content (AvgIpc) is 2.87. The summed E-state index contributed by atoms with van der Waals surface area (Å²) in [5.74, 6) is -1.16. The second kappa shape index (κ2) is 6.27. The molecule has 20 heavy (non-hydrogen) atoms. The Balaban J connectivity index is 2.11. The quantitative estimate of drug-likeness (QED) is 0.876. The van der Waals surface area contributed by atoms with Crippen molar-refractivity contribution in [2.75, 3.05) is 0 Å². The van der Waals surface area contributed by atoms with Crippen LogP contribution in [0, 0.1) is 11.7 Å². The third-order valence-electron chi connectivity index (χ3n) is 3.17. The first-order chi connectivity index (χ1) is 9.60. The zero-order chi connectivity index (χ0) is 14.5. The number of carbonyl (C=O) groups is 1. The van der Waals surface area contributed by atoms with Crippen molar-refractivity contribution in [3.8, 4) is 0 Å². The Morgan fingerprint density at radius 1 is 1.35 bits per heavy atom. The number of nitrogens with zero attached hydrogens (tertiary/aromatic N) is 3. The van der Waals surface area contributed by atoms with Gasteiger partial charge in [-0.1, -0.05) is 12.1 Å². The van der Waals surface area contributed by atoms with Gasteiger partial charge in [-0.15, -0.1) is 0 Å². The van der Waals surface area contributed by atoms with Gasteiger partial charge in [0.2, 0.25) is 0 Å². The molecular weight excluding hydrogens is 261 g/mol. The second-order valence-corrected chi connectivity index (χ2v) is 4.56. The first-order valence-corrected chi connectivity index (χ1v) is 6.44. The molecule has 0 saturated heterocycles. The van der Waals surface area contributed by atoms with Gasteiger partial charge in [0.25, 0.3) is 0 Å². The lowest BCUT2D eigenvalue weighted by Gasteiger charge is -2.12. The van der Waals surface area contributed by atoms with Crippen LogP contribution in [0.25, 0.3) is 0 Å². The first-order valence-electron chi connectivity index (χ1n) is 6.44. The lowest BCUT2D eigenvalue weighted by molar-refractivity contribution is -0.141. The van der Waals surface area contributed by atoms with Crippen molar-refractivity contribution in [1.82, 2.24) is 14.8 Å². The highest BCUT2D eigenvalue weighted by Crippen LogP contribution is 2.14. The third-order valence-corrected chi connectivity index (χ3v) is 3.17. The Hall–Kier alpha value is -2.24. The summed E-state index contributed by atoms with van der Waals surface area (Å²) in [4.78, 5) is 15.5. The summed E-state index contributed by atoms with van der Waals surface area (Å²) in [6, 6.07) is 5.89. The van der Waals surface area contributed by atoms with Crippen molar-refractivity contribution in [3.63, 3.8) is 0 Å². The maximum absolute atomic E-state index is 12.8. The van der Waals surface area contributed by atoms with Crippen LogP contribution in [0.5, 0.6) is 0 Å². The largest absolute Gasteiger partial charge is 0.481 e. The average molecular weight is 277 g/mol. The molecule has 0 bridgehead atoms. The van der Waals surface area contributed by atoms with E-state index >= 15 is 0 Å². The van der Waals surface area contributed by atoms with Crippen molar-refractivity contribution in [3.05, 3.63) is 47.8 Å². The summed E-state index contributed by atoms with van der Waals surface area (Å²) in [6.45, 7) is 2.58. The Morgan fingerprint density at radius 3 is 2.65 bits per heavy atom. The van der Waals surface area contributed by atoms with E-state index in [4.69, 9.17) is 0 Å². The fraction of sp³-hybridized carbons (Fsp3) is 0.357. The molecule has 1 aromatic heterocycles. The van der Waals surface area contributed by atoms with E-state index in [0.29, 0.717) is 25.2 Å². The summed E-state index contributed by atoms with van der Waals surface area (Å²) in [5, 5.41) is 13.3. The van der Waals surface area contributed by atoms with Gasteiger partial charge in [0.15, 0.2) is 0 Å². The van der Waals surface area contributed by atoms with Gasteiger partial charge in [0.1, 0.15) is 18.0 Å². The summed E-state index contributed by atoms with van der Waals surface area (Å²) in [6.07, 6.45) is 2.07. The zero-order valence-electron chi connectivity index (χ0n) is 11.2. The Morgan fingerprint density at radius 2 is 2.05 bits per heavy atom. The van der Waals surface area contributed by atoms with Crippen LogP contribution in [0.3, 0.4) is 0 Å². The van der Waals surface area contributed by atoms with Gasteiger partial charge in [-0.25, -0.2) is 9.37 Å². The van der Waals surface area contributed by atoms with Crippen LogP contribution in [0.2, 0.25) is 0 Å². The maximum atomic E-state index is 12.8. The monoisotopic (exact) mass is 277 g/mol. The number of aromatic nitrogens is 3. The van der Waals surface area contributed by atoms with E-state index in [0.717, 1.165) is 5.56 Å². The van der Waals surface area contributed by atoms with Crippen molar-refractivity contribution in [1.29, 1.82) is 0 Å². The lowest BCUT2D eigenvalue weighted by Crippen LogP contribution is -2.21. The van der Waals surface area contributed by atoms with Gasteiger partial charge in [-0.05, 0) is 31.0 Å². The highest BCUT2D eigenvalue weighted by Gasteiger charge is 2.21. The SMILES string of the molecule is CCn1ncnc1CC(Cc1ccc(F)cc1)C(=O)O. The number of carboxylic acid groups (broad SMARTS) is 1. The minimum Gasteiger partial charge on any atom is -0.481 e. The molecule has 0 aliphatic heterocycles. The number of rotatable bonds is 6. The molecular formula is C14H16FN3O2. The van der Waals surface area contributed by atoms with Crippen molar-refractivity contribution in [2.24, 2.45) is 5.92 Å². The molecule has 0 saturated carbocycles. The van der Waals surface area contributed by atoms with Crippen LogP contribution >= 0.6 is 0 Å². The topological polar surface area (TPSA) is 68.0 Å². The van der Waals surface area contributed by atoms with Crippen LogP contribution in [0.4, 0.5) is 4.39 Å². The molecule has 1 atom stereocenters. The molecule has 0 aliphatic rings. The highest BCUT2D eigenvalue weighted by molar-refractivity contribution is 5.70. The van der Waals surface area contributed by atoms with Gasteiger partial charge in [-0.2, -0.15) is 5.10 Å². The van der Waals surface area contributed by atoms with Crippen LogP contribution in [-0.4, -0.2) is 25.8 Å². The molecule has 0 spiro atoms. The summed E-state index contributed by atoms with van der Waals surface area (Å²) in [5.41, 5.74) is 0.793. The summed E-state index contributed by atoms with van der Waals surface area (Å²) >= 11 is 0. The standard InChI is InChI=1S/C14H16FN3O2/c1-2-18-13(16-9-17-18)8-11(14(19)20)7-10-3-5-12(15)6-4-10/h3-6,9,11H,2,7-8H2,1H3,(H,19,20). The van der Waals surface area contributed by atoms with E-state index < -0.39 is 11.9 Å². The molecule has 1 aromatic carbocycles. The number of hydrogen-bond donors (Lipinski definition) is 1.